The summed E-state index contributed by atoms with van der Waals surface area (Å²) < 4.78 is 19.2. The highest BCUT2D eigenvalue weighted by atomic mass is 16.5. The number of para-hydroxylation sites is 1. The van der Waals surface area contributed by atoms with Gasteiger partial charge in [0.1, 0.15) is 24.6 Å². The Bertz CT molecular complexity index is 1320. The first-order valence-electron chi connectivity index (χ1n) is 12.1. The molecule has 0 saturated carbocycles. The molecule has 4 aromatic rings. The van der Waals surface area contributed by atoms with Crippen molar-refractivity contribution in [1.82, 2.24) is 19.9 Å². The fourth-order valence-corrected chi connectivity index (χ4v) is 4.06. The van der Waals surface area contributed by atoms with Crippen molar-refractivity contribution < 1.29 is 19.0 Å². The number of ether oxygens (including phenoxy) is 3. The fraction of sp³-hybridized carbons (Fsp3) is 0.370. The number of fused-ring (bicyclic) bond motifs is 3. The van der Waals surface area contributed by atoms with Crippen molar-refractivity contribution in [2.45, 2.75) is 46.1 Å². The molecular weight excluding hydrogens is 458 g/mol. The molecule has 0 saturated heterocycles. The largest absolute Gasteiger partial charge is 0.445 e. The minimum Gasteiger partial charge on any atom is -0.445 e. The molecule has 0 aliphatic rings. The number of rotatable bonds is 11. The zero-order valence-corrected chi connectivity index (χ0v) is 21.0. The molecule has 0 unspecified atom stereocenters. The molecule has 2 aromatic heterocycles. The molecule has 36 heavy (non-hydrogen) atoms. The molecule has 3 N–H and O–H groups in total. The molecule has 0 aliphatic heterocycles. The summed E-state index contributed by atoms with van der Waals surface area (Å²) in [5, 5.41) is 3.70. The number of nitrogens with one attached hydrogen (secondary N) is 1. The van der Waals surface area contributed by atoms with Crippen LogP contribution < -0.4 is 11.1 Å². The number of carbonyl (C=O) groups excluding carboxylic acids is 1. The van der Waals surface area contributed by atoms with Crippen LogP contribution in [0, 0.1) is 0 Å². The average Bonchev–Trinajstić information content (AvgIpc) is 3.23. The van der Waals surface area contributed by atoms with Gasteiger partial charge in [-0.1, -0.05) is 48.5 Å². The predicted molar refractivity (Wildman–Crippen MR) is 139 cm³/mol. The van der Waals surface area contributed by atoms with Crippen LogP contribution >= 0.6 is 0 Å². The summed E-state index contributed by atoms with van der Waals surface area (Å²) >= 11 is 0. The number of amides is 1. The SMILES string of the molecule is CCOCc1nc2c(N)nc3ccccc3c2n1CC(C)(C)OCCNC(=O)OCc1ccccc1. The lowest BCUT2D eigenvalue weighted by molar-refractivity contribution is -0.0281. The topological polar surface area (TPSA) is 114 Å². The normalized spacial score (nSPS) is 11.8. The summed E-state index contributed by atoms with van der Waals surface area (Å²) in [4.78, 5) is 21.3. The number of aromatic nitrogens is 3. The molecule has 2 aromatic carbocycles. The first kappa shape index (κ1) is 25.4. The Morgan fingerprint density at radius 2 is 1.81 bits per heavy atom. The van der Waals surface area contributed by atoms with Crippen LogP contribution in [0.25, 0.3) is 21.9 Å². The van der Waals surface area contributed by atoms with Crippen molar-refractivity contribution in [2.24, 2.45) is 0 Å². The molecule has 9 nitrogen and oxygen atoms in total. The van der Waals surface area contributed by atoms with Crippen molar-refractivity contribution in [3.05, 3.63) is 66.0 Å². The van der Waals surface area contributed by atoms with Gasteiger partial charge in [-0.2, -0.15) is 0 Å². The van der Waals surface area contributed by atoms with E-state index in [4.69, 9.17) is 24.9 Å². The van der Waals surface area contributed by atoms with Crippen LogP contribution in [0.15, 0.2) is 54.6 Å². The molecular formula is C27H33N5O4. The quantitative estimate of drug-likeness (QED) is 0.299. The third-order valence-electron chi connectivity index (χ3n) is 5.74. The maximum atomic E-state index is 12.0. The number of carbonyl (C=O) groups is 1. The molecule has 0 radical (unpaired) electrons. The number of anilines is 1. The van der Waals surface area contributed by atoms with E-state index in [0.717, 1.165) is 27.8 Å². The van der Waals surface area contributed by atoms with E-state index in [2.05, 4.69) is 14.9 Å². The molecule has 0 spiro atoms. The number of pyridine rings is 1. The Morgan fingerprint density at radius 3 is 2.58 bits per heavy atom. The average molecular weight is 492 g/mol. The Balaban J connectivity index is 1.43. The smallest absolute Gasteiger partial charge is 0.407 e. The minimum absolute atomic E-state index is 0.223. The molecule has 0 aliphatic carbocycles. The molecule has 4 rings (SSSR count). The van der Waals surface area contributed by atoms with E-state index in [0.29, 0.717) is 44.2 Å². The number of imidazole rings is 1. The van der Waals surface area contributed by atoms with Gasteiger partial charge in [0.15, 0.2) is 5.82 Å². The zero-order valence-electron chi connectivity index (χ0n) is 21.0. The van der Waals surface area contributed by atoms with Gasteiger partial charge in [0.2, 0.25) is 0 Å². The van der Waals surface area contributed by atoms with Crippen LogP contribution in [-0.2, 0) is 34.0 Å². The van der Waals surface area contributed by atoms with E-state index >= 15 is 0 Å². The van der Waals surface area contributed by atoms with Gasteiger partial charge in [0, 0.05) is 18.5 Å². The number of hydrogen-bond acceptors (Lipinski definition) is 7. The van der Waals surface area contributed by atoms with E-state index in [1.54, 1.807) is 0 Å². The van der Waals surface area contributed by atoms with Crippen LogP contribution in [0.2, 0.25) is 0 Å². The first-order chi connectivity index (χ1) is 17.4. The van der Waals surface area contributed by atoms with Crippen LogP contribution in [0.1, 0.15) is 32.2 Å². The van der Waals surface area contributed by atoms with Crippen molar-refractivity contribution >= 4 is 33.8 Å². The van der Waals surface area contributed by atoms with Gasteiger partial charge >= 0.3 is 6.09 Å². The van der Waals surface area contributed by atoms with Crippen LogP contribution in [0.5, 0.6) is 0 Å². The van der Waals surface area contributed by atoms with E-state index in [-0.39, 0.29) is 6.61 Å². The maximum absolute atomic E-state index is 12.0. The number of nitrogen functional groups attached to an aromatic ring is 1. The van der Waals surface area contributed by atoms with Gasteiger partial charge in [-0.15, -0.1) is 0 Å². The van der Waals surface area contributed by atoms with Crippen molar-refractivity contribution in [3.63, 3.8) is 0 Å². The van der Waals surface area contributed by atoms with Crippen molar-refractivity contribution in [1.29, 1.82) is 0 Å². The molecule has 1 amide bonds. The number of hydrogen-bond donors (Lipinski definition) is 2. The van der Waals surface area contributed by atoms with Crippen LogP contribution in [0.3, 0.4) is 0 Å². The van der Waals surface area contributed by atoms with Gasteiger partial charge in [-0.3, -0.25) is 0 Å². The van der Waals surface area contributed by atoms with Crippen molar-refractivity contribution in [2.75, 3.05) is 25.5 Å². The number of nitrogens with two attached hydrogens (primary N) is 1. The van der Waals surface area contributed by atoms with Crippen molar-refractivity contribution in [3.8, 4) is 0 Å². The Labute approximate surface area is 210 Å². The summed E-state index contributed by atoms with van der Waals surface area (Å²) in [6.45, 7) is 8.27. The number of benzene rings is 2. The molecule has 0 atom stereocenters. The third-order valence-corrected chi connectivity index (χ3v) is 5.74. The Hall–Kier alpha value is -3.69. The number of alkyl carbamates (subject to hydrolysis) is 1. The lowest BCUT2D eigenvalue weighted by Gasteiger charge is -2.27. The van der Waals surface area contributed by atoms with Gasteiger partial charge in [0.25, 0.3) is 0 Å². The fourth-order valence-electron chi connectivity index (χ4n) is 4.06. The molecule has 0 fully saturated rings. The van der Waals surface area contributed by atoms with Crippen LogP contribution in [0.4, 0.5) is 10.6 Å². The van der Waals surface area contributed by atoms with Gasteiger partial charge < -0.3 is 29.8 Å². The highest BCUT2D eigenvalue weighted by Crippen LogP contribution is 2.30. The minimum atomic E-state index is -0.566. The summed E-state index contributed by atoms with van der Waals surface area (Å²) in [7, 11) is 0. The molecule has 2 heterocycles. The Morgan fingerprint density at radius 1 is 1.06 bits per heavy atom. The Kier molecular flexibility index (Phi) is 8.02. The lowest BCUT2D eigenvalue weighted by Crippen LogP contribution is -2.35. The standard InChI is InChI=1S/C27H33N5O4/c1-4-34-17-22-31-23-24(20-12-8-9-13-21(20)30-25(23)28)32(22)18-27(2,3)36-15-14-29-26(33)35-16-19-10-6-5-7-11-19/h5-13H,4,14-18H2,1-3H3,(H2,28,30)(H,29,33). The van der Waals surface area contributed by atoms with E-state index in [1.807, 2.05) is 75.4 Å². The second kappa shape index (κ2) is 11.4. The second-order valence-corrected chi connectivity index (χ2v) is 9.06. The highest BCUT2D eigenvalue weighted by Gasteiger charge is 2.25. The van der Waals surface area contributed by atoms with E-state index in [9.17, 15) is 4.79 Å². The number of nitrogens with zero attached hydrogens (tertiary/aromatic N) is 3. The summed E-state index contributed by atoms with van der Waals surface area (Å²) in [6, 6.07) is 17.4. The second-order valence-electron chi connectivity index (χ2n) is 9.06. The molecule has 190 valence electrons. The van der Waals surface area contributed by atoms with E-state index in [1.165, 1.54) is 0 Å². The van der Waals surface area contributed by atoms with Gasteiger partial charge in [-0.05, 0) is 32.4 Å². The lowest BCUT2D eigenvalue weighted by atomic mass is 10.1. The van der Waals surface area contributed by atoms with Gasteiger partial charge in [0.05, 0.1) is 29.8 Å². The zero-order chi connectivity index (χ0) is 25.5. The summed E-state index contributed by atoms with van der Waals surface area (Å²) in [5.74, 6) is 1.15. The molecule has 0 bridgehead atoms. The third kappa shape index (κ3) is 6.10. The summed E-state index contributed by atoms with van der Waals surface area (Å²) in [6.07, 6.45) is -0.477. The predicted octanol–water partition coefficient (Wildman–Crippen LogP) is 4.42. The monoisotopic (exact) mass is 491 g/mol. The van der Waals surface area contributed by atoms with E-state index < -0.39 is 11.7 Å². The van der Waals surface area contributed by atoms with Gasteiger partial charge in [-0.25, -0.2) is 14.8 Å². The maximum Gasteiger partial charge on any atom is 0.407 e. The summed E-state index contributed by atoms with van der Waals surface area (Å²) in [5.41, 5.74) is 9.01. The molecule has 9 heteroatoms. The first-order valence-corrected chi connectivity index (χ1v) is 12.1. The highest BCUT2D eigenvalue weighted by molar-refractivity contribution is 6.06. The van der Waals surface area contributed by atoms with Crippen LogP contribution in [-0.4, -0.2) is 46.0 Å².